The van der Waals surface area contributed by atoms with Crippen LogP contribution >= 0.6 is 0 Å². The molecule has 1 aliphatic carbocycles. The summed E-state index contributed by atoms with van der Waals surface area (Å²) in [5.74, 6) is 0.493. The van der Waals surface area contributed by atoms with Gasteiger partial charge in [0.1, 0.15) is 5.82 Å². The van der Waals surface area contributed by atoms with Crippen LogP contribution in [0.1, 0.15) is 48.5 Å². The Bertz CT molecular complexity index is 464. The van der Waals surface area contributed by atoms with Crippen molar-refractivity contribution in [2.24, 2.45) is 5.92 Å². The molecular formula is C16H22FNO. The highest BCUT2D eigenvalue weighted by molar-refractivity contribution is 5.95. The van der Waals surface area contributed by atoms with Gasteiger partial charge in [-0.3, -0.25) is 4.79 Å². The molecule has 3 heteroatoms. The van der Waals surface area contributed by atoms with Crippen molar-refractivity contribution in [2.75, 3.05) is 7.05 Å². The van der Waals surface area contributed by atoms with E-state index in [9.17, 15) is 9.18 Å². The molecular weight excluding hydrogens is 241 g/mol. The van der Waals surface area contributed by atoms with Crippen LogP contribution in [-0.2, 0) is 0 Å². The molecule has 1 fully saturated rings. The van der Waals surface area contributed by atoms with E-state index in [4.69, 9.17) is 0 Å². The van der Waals surface area contributed by atoms with Gasteiger partial charge in [0.15, 0.2) is 0 Å². The van der Waals surface area contributed by atoms with Crippen molar-refractivity contribution < 1.29 is 9.18 Å². The molecule has 0 spiro atoms. The van der Waals surface area contributed by atoms with E-state index in [0.717, 1.165) is 18.8 Å². The van der Waals surface area contributed by atoms with Gasteiger partial charge in [0, 0.05) is 18.7 Å². The Morgan fingerprint density at radius 3 is 2.47 bits per heavy atom. The lowest BCUT2D eigenvalue weighted by molar-refractivity contribution is 0.0678. The average molecular weight is 263 g/mol. The quantitative estimate of drug-likeness (QED) is 0.795. The molecule has 0 saturated heterocycles. The van der Waals surface area contributed by atoms with Crippen LogP contribution in [0.4, 0.5) is 4.39 Å². The van der Waals surface area contributed by atoms with Gasteiger partial charge in [-0.2, -0.15) is 0 Å². The number of nitrogens with zero attached hydrogens (tertiary/aromatic N) is 1. The van der Waals surface area contributed by atoms with Crippen LogP contribution in [-0.4, -0.2) is 23.9 Å². The number of rotatable bonds is 2. The van der Waals surface area contributed by atoms with Gasteiger partial charge in [0.2, 0.25) is 0 Å². The molecule has 0 N–H and O–H groups in total. The number of halogens is 1. The first-order valence-electron chi connectivity index (χ1n) is 7.02. The maximum atomic E-state index is 13.1. The van der Waals surface area contributed by atoms with Crippen molar-refractivity contribution in [3.63, 3.8) is 0 Å². The largest absolute Gasteiger partial charge is 0.339 e. The maximum absolute atomic E-state index is 13.1. The Hall–Kier alpha value is -1.38. The zero-order valence-corrected chi connectivity index (χ0v) is 11.9. The molecule has 0 aromatic heterocycles. The number of amides is 1. The molecule has 1 aliphatic rings. The number of aryl methyl sites for hydroxylation is 1. The minimum Gasteiger partial charge on any atom is -0.339 e. The molecule has 2 nitrogen and oxygen atoms in total. The van der Waals surface area contributed by atoms with Crippen LogP contribution in [0, 0.1) is 18.7 Å². The second-order valence-corrected chi connectivity index (χ2v) is 5.79. The van der Waals surface area contributed by atoms with Gasteiger partial charge in [-0.05, 0) is 62.3 Å². The lowest BCUT2D eigenvalue weighted by atomic mass is 9.86. The van der Waals surface area contributed by atoms with Crippen molar-refractivity contribution in [3.8, 4) is 0 Å². The van der Waals surface area contributed by atoms with Gasteiger partial charge in [-0.1, -0.05) is 6.92 Å². The molecule has 19 heavy (non-hydrogen) atoms. The van der Waals surface area contributed by atoms with Crippen LogP contribution in [0.25, 0.3) is 0 Å². The predicted molar refractivity (Wildman–Crippen MR) is 74.7 cm³/mol. The summed E-state index contributed by atoms with van der Waals surface area (Å²) >= 11 is 0. The summed E-state index contributed by atoms with van der Waals surface area (Å²) in [6, 6.07) is 4.70. The summed E-state index contributed by atoms with van der Waals surface area (Å²) in [6.07, 6.45) is 4.52. The number of carbonyl (C=O) groups is 1. The van der Waals surface area contributed by atoms with Gasteiger partial charge in [-0.25, -0.2) is 4.39 Å². The minimum absolute atomic E-state index is 0.0112. The van der Waals surface area contributed by atoms with Gasteiger partial charge in [-0.15, -0.1) is 0 Å². The summed E-state index contributed by atoms with van der Waals surface area (Å²) in [4.78, 5) is 14.3. The van der Waals surface area contributed by atoms with E-state index in [1.807, 2.05) is 11.9 Å². The normalized spacial score (nSPS) is 23.2. The first-order chi connectivity index (χ1) is 8.99. The molecule has 1 aromatic carbocycles. The zero-order chi connectivity index (χ0) is 14.0. The highest BCUT2D eigenvalue weighted by Crippen LogP contribution is 2.27. The van der Waals surface area contributed by atoms with Crippen LogP contribution < -0.4 is 0 Å². The van der Waals surface area contributed by atoms with Gasteiger partial charge in [0.05, 0.1) is 0 Å². The van der Waals surface area contributed by atoms with Crippen molar-refractivity contribution >= 4 is 5.91 Å². The maximum Gasteiger partial charge on any atom is 0.254 e. The molecule has 2 rings (SSSR count). The first kappa shape index (κ1) is 14.0. The Balaban J connectivity index is 2.10. The van der Waals surface area contributed by atoms with E-state index in [2.05, 4.69) is 6.92 Å². The summed E-state index contributed by atoms with van der Waals surface area (Å²) in [6.45, 7) is 4.05. The second-order valence-electron chi connectivity index (χ2n) is 5.79. The van der Waals surface area contributed by atoms with Crippen LogP contribution in [0.15, 0.2) is 18.2 Å². The third kappa shape index (κ3) is 3.14. The SMILES string of the molecule is Cc1cc(F)ccc1C(=O)N(C)C1CCC(C)CC1. The summed E-state index contributed by atoms with van der Waals surface area (Å²) < 4.78 is 13.1. The molecule has 104 valence electrons. The Morgan fingerprint density at radius 2 is 1.89 bits per heavy atom. The Labute approximate surface area is 114 Å². The number of hydrogen-bond donors (Lipinski definition) is 0. The zero-order valence-electron chi connectivity index (χ0n) is 11.9. The van der Waals surface area contributed by atoms with Crippen LogP contribution in [0.3, 0.4) is 0 Å². The minimum atomic E-state index is -0.289. The van der Waals surface area contributed by atoms with Gasteiger partial charge < -0.3 is 4.90 Å². The third-order valence-corrected chi connectivity index (χ3v) is 4.27. The number of hydrogen-bond acceptors (Lipinski definition) is 1. The molecule has 0 heterocycles. The fraction of sp³-hybridized carbons (Fsp3) is 0.562. The van der Waals surface area contributed by atoms with E-state index >= 15 is 0 Å². The van der Waals surface area contributed by atoms with Crippen LogP contribution in [0.5, 0.6) is 0 Å². The van der Waals surface area contributed by atoms with E-state index in [-0.39, 0.29) is 11.7 Å². The number of carbonyl (C=O) groups excluding carboxylic acids is 1. The number of benzene rings is 1. The smallest absolute Gasteiger partial charge is 0.254 e. The highest BCUT2D eigenvalue weighted by Gasteiger charge is 2.26. The summed E-state index contributed by atoms with van der Waals surface area (Å²) in [5.41, 5.74) is 1.32. The highest BCUT2D eigenvalue weighted by atomic mass is 19.1. The molecule has 1 aromatic rings. The van der Waals surface area contributed by atoms with Crippen molar-refractivity contribution in [2.45, 2.75) is 45.6 Å². The lowest BCUT2D eigenvalue weighted by Gasteiger charge is -2.34. The second kappa shape index (κ2) is 5.72. The topological polar surface area (TPSA) is 20.3 Å². The van der Waals surface area contributed by atoms with Crippen molar-refractivity contribution in [3.05, 3.63) is 35.1 Å². The van der Waals surface area contributed by atoms with Crippen molar-refractivity contribution in [1.82, 2.24) is 4.90 Å². The van der Waals surface area contributed by atoms with Crippen LogP contribution in [0.2, 0.25) is 0 Å². The molecule has 0 unspecified atom stereocenters. The molecule has 0 aliphatic heterocycles. The third-order valence-electron chi connectivity index (χ3n) is 4.27. The first-order valence-corrected chi connectivity index (χ1v) is 7.02. The fourth-order valence-corrected chi connectivity index (χ4v) is 2.85. The van der Waals surface area contributed by atoms with E-state index < -0.39 is 0 Å². The summed E-state index contributed by atoms with van der Waals surface area (Å²) in [7, 11) is 1.87. The van der Waals surface area contributed by atoms with Gasteiger partial charge in [0.25, 0.3) is 5.91 Å². The Morgan fingerprint density at radius 1 is 1.26 bits per heavy atom. The molecule has 0 radical (unpaired) electrons. The van der Waals surface area contributed by atoms with Gasteiger partial charge >= 0.3 is 0 Å². The molecule has 1 saturated carbocycles. The molecule has 1 amide bonds. The monoisotopic (exact) mass is 263 g/mol. The van der Waals surface area contributed by atoms with E-state index in [0.29, 0.717) is 17.2 Å². The van der Waals surface area contributed by atoms with E-state index in [1.54, 1.807) is 13.0 Å². The molecule has 0 atom stereocenters. The van der Waals surface area contributed by atoms with E-state index in [1.165, 1.54) is 25.0 Å². The average Bonchev–Trinajstić information content (AvgIpc) is 2.38. The Kier molecular flexibility index (Phi) is 4.23. The molecule has 0 bridgehead atoms. The van der Waals surface area contributed by atoms with Crippen molar-refractivity contribution in [1.29, 1.82) is 0 Å². The standard InChI is InChI=1S/C16H22FNO/c1-11-4-7-14(8-5-11)18(3)16(19)15-9-6-13(17)10-12(15)2/h6,9-11,14H,4-5,7-8H2,1-3H3. The predicted octanol–water partition coefficient (Wildman–Crippen LogP) is 3.78. The fourth-order valence-electron chi connectivity index (χ4n) is 2.85. The summed E-state index contributed by atoms with van der Waals surface area (Å²) in [5, 5.41) is 0. The lowest BCUT2D eigenvalue weighted by Crippen LogP contribution is -2.39.